The number of ether oxygens (including phenoxy) is 4. The minimum atomic E-state index is -2.23. The Morgan fingerprint density at radius 3 is 1.97 bits per heavy atom. The van der Waals surface area contributed by atoms with Gasteiger partial charge < -0.3 is 59.8 Å². The lowest BCUT2D eigenvalue weighted by molar-refractivity contribution is -0.388. The smallest absolute Gasteiger partial charge is 0.224 e. The van der Waals surface area contributed by atoms with Crippen LogP contribution in [0.2, 0.25) is 0 Å². The molecule has 1 unspecified atom stereocenters. The van der Waals surface area contributed by atoms with Gasteiger partial charge in [-0.05, 0) is 6.42 Å². The first kappa shape index (κ1) is 31.7. The molecule has 2 aliphatic heterocycles. The van der Waals surface area contributed by atoms with Crippen molar-refractivity contribution in [2.24, 2.45) is 0 Å². The summed E-state index contributed by atoms with van der Waals surface area (Å²) in [5.74, 6) is -2.23. The minimum Gasteiger partial charge on any atom is -0.394 e. The highest BCUT2D eigenvalue weighted by atomic mass is 16.8. The molecule has 0 radical (unpaired) electrons. The Hall–Kier alpha value is -0.480. The van der Waals surface area contributed by atoms with E-state index in [4.69, 9.17) is 18.9 Å². The van der Waals surface area contributed by atoms with Gasteiger partial charge in [-0.25, -0.2) is 0 Å². The Bertz CT molecular complexity index is 597. The van der Waals surface area contributed by atoms with Gasteiger partial charge in [0.15, 0.2) is 6.29 Å². The Labute approximate surface area is 212 Å². The third-order valence-corrected chi connectivity index (χ3v) is 6.92. The molecule has 12 nitrogen and oxygen atoms in total. The van der Waals surface area contributed by atoms with Crippen LogP contribution in [0.1, 0.15) is 64.7 Å². The zero-order valence-corrected chi connectivity index (χ0v) is 21.1. The Morgan fingerprint density at radius 1 is 0.806 bits per heavy atom. The molecule has 2 rings (SSSR count). The van der Waals surface area contributed by atoms with E-state index in [1.165, 1.54) is 25.7 Å². The summed E-state index contributed by atoms with van der Waals surface area (Å²) in [6.45, 7) is -0.327. The van der Waals surface area contributed by atoms with E-state index in [0.717, 1.165) is 25.7 Å². The van der Waals surface area contributed by atoms with Gasteiger partial charge in [0.2, 0.25) is 5.79 Å². The maximum atomic E-state index is 10.6. The molecule has 0 amide bonds. The highest BCUT2D eigenvalue weighted by Gasteiger charge is 2.58. The lowest BCUT2D eigenvalue weighted by Crippen LogP contribution is -2.63. The predicted octanol–water partition coefficient (Wildman–Crippen LogP) is -1.48. The van der Waals surface area contributed by atoms with Crippen LogP contribution in [0.25, 0.3) is 0 Å². The van der Waals surface area contributed by atoms with Gasteiger partial charge >= 0.3 is 0 Å². The van der Waals surface area contributed by atoms with E-state index in [2.05, 4.69) is 6.92 Å². The van der Waals surface area contributed by atoms with Crippen LogP contribution < -0.4 is 0 Å². The van der Waals surface area contributed by atoms with E-state index in [9.17, 15) is 40.9 Å². The van der Waals surface area contributed by atoms with Gasteiger partial charge in [0.1, 0.15) is 49.3 Å². The van der Waals surface area contributed by atoms with E-state index in [1.54, 1.807) is 0 Å². The van der Waals surface area contributed by atoms with Gasteiger partial charge in [0, 0.05) is 0 Å². The molecule has 0 spiro atoms. The maximum absolute atomic E-state index is 10.6. The second-order valence-corrected chi connectivity index (χ2v) is 9.78. The first-order valence-electron chi connectivity index (χ1n) is 13.1. The fourth-order valence-electron chi connectivity index (χ4n) is 4.61. The molecule has 0 saturated carbocycles. The first-order valence-corrected chi connectivity index (χ1v) is 13.1. The van der Waals surface area contributed by atoms with Gasteiger partial charge in [-0.3, -0.25) is 0 Å². The number of aliphatic hydroxyl groups is 8. The summed E-state index contributed by atoms with van der Waals surface area (Å²) in [4.78, 5) is 0. The second-order valence-electron chi connectivity index (χ2n) is 9.78. The number of hydrogen-bond acceptors (Lipinski definition) is 12. The monoisotopic (exact) mass is 526 g/mol. The number of unbranched alkanes of at least 4 members (excludes halogenated alkanes) is 7. The topological polar surface area (TPSA) is 199 Å². The molecule has 36 heavy (non-hydrogen) atoms. The summed E-state index contributed by atoms with van der Waals surface area (Å²) < 4.78 is 22.2. The second kappa shape index (κ2) is 15.8. The number of rotatable bonds is 17. The van der Waals surface area contributed by atoms with Crippen LogP contribution in [0.15, 0.2) is 0 Å². The highest BCUT2D eigenvalue weighted by molar-refractivity contribution is 4.98. The molecule has 0 bridgehead atoms. The van der Waals surface area contributed by atoms with E-state index in [-0.39, 0.29) is 6.61 Å². The van der Waals surface area contributed by atoms with Crippen LogP contribution in [0.5, 0.6) is 0 Å². The maximum Gasteiger partial charge on any atom is 0.224 e. The van der Waals surface area contributed by atoms with Crippen molar-refractivity contribution < 1.29 is 59.8 Å². The van der Waals surface area contributed by atoms with Crippen molar-refractivity contribution in [1.82, 2.24) is 0 Å². The Kier molecular flexibility index (Phi) is 13.9. The average Bonchev–Trinajstić information content (AvgIpc) is 3.12. The summed E-state index contributed by atoms with van der Waals surface area (Å²) in [7, 11) is 0. The molecule has 0 aromatic rings. The zero-order valence-electron chi connectivity index (χ0n) is 21.1. The average molecular weight is 527 g/mol. The van der Waals surface area contributed by atoms with Gasteiger partial charge in [0.05, 0.1) is 25.9 Å². The molecule has 2 heterocycles. The molecule has 214 valence electrons. The van der Waals surface area contributed by atoms with Gasteiger partial charge in [-0.1, -0.05) is 58.3 Å². The predicted molar refractivity (Wildman–Crippen MR) is 126 cm³/mol. The Balaban J connectivity index is 1.94. The molecule has 0 aliphatic carbocycles. The standard InChI is InChI=1S/C24H46O12/c1-2-3-4-5-6-7-8-9-10-15(28)13-33-21-20(31)18(29)16(11-25)34-23(21)36-24(14-27)22(32)19(30)17(12-26)35-24/h15-23,25-32H,2-14H2,1H3/t15?,16-,17-,18-,19-,20+,21-,22+,23-,24+/m1/s1. The van der Waals surface area contributed by atoms with Gasteiger partial charge in [-0.2, -0.15) is 0 Å². The number of hydrogen-bond donors (Lipinski definition) is 8. The van der Waals surface area contributed by atoms with E-state index < -0.39 is 80.7 Å². The summed E-state index contributed by atoms with van der Waals surface area (Å²) in [5.41, 5.74) is 0. The Morgan fingerprint density at radius 2 is 1.42 bits per heavy atom. The van der Waals surface area contributed by atoms with Crippen LogP contribution in [0, 0.1) is 0 Å². The third-order valence-electron chi connectivity index (χ3n) is 6.92. The fourth-order valence-corrected chi connectivity index (χ4v) is 4.61. The van der Waals surface area contributed by atoms with Crippen LogP contribution >= 0.6 is 0 Å². The molecular weight excluding hydrogens is 480 g/mol. The molecule has 0 aromatic carbocycles. The van der Waals surface area contributed by atoms with Crippen molar-refractivity contribution in [2.75, 3.05) is 26.4 Å². The summed E-state index contributed by atoms with van der Waals surface area (Å²) in [5, 5.41) is 80.6. The van der Waals surface area contributed by atoms with Crippen molar-refractivity contribution in [3.63, 3.8) is 0 Å². The van der Waals surface area contributed by atoms with Crippen LogP contribution in [0.4, 0.5) is 0 Å². The van der Waals surface area contributed by atoms with Crippen molar-refractivity contribution >= 4 is 0 Å². The molecule has 12 heteroatoms. The SMILES string of the molecule is CCCCCCCCCCC(O)CO[C@H]1[C@@H](O[C@]2(CO)O[C@H](CO)[C@@H](O)[C@@H]2O)O[C@H](CO)[C@@H](O)[C@@H]1O. The lowest BCUT2D eigenvalue weighted by atomic mass is 9.98. The van der Waals surface area contributed by atoms with Crippen LogP contribution in [-0.4, -0.2) is 128 Å². The number of aliphatic hydroxyl groups excluding tert-OH is 8. The van der Waals surface area contributed by atoms with Crippen molar-refractivity contribution in [3.8, 4) is 0 Å². The lowest BCUT2D eigenvalue weighted by Gasteiger charge is -2.45. The summed E-state index contributed by atoms with van der Waals surface area (Å²) >= 11 is 0. The third kappa shape index (κ3) is 8.26. The van der Waals surface area contributed by atoms with E-state index >= 15 is 0 Å². The largest absolute Gasteiger partial charge is 0.394 e. The van der Waals surface area contributed by atoms with E-state index in [1.807, 2.05) is 0 Å². The summed E-state index contributed by atoms with van der Waals surface area (Å²) in [6, 6.07) is 0. The van der Waals surface area contributed by atoms with E-state index in [0.29, 0.717) is 6.42 Å². The molecule has 0 aromatic heterocycles. The zero-order chi connectivity index (χ0) is 26.7. The molecule has 10 atom stereocenters. The molecular formula is C24H46O12. The van der Waals surface area contributed by atoms with Gasteiger partial charge in [-0.15, -0.1) is 0 Å². The normalized spacial score (nSPS) is 37.9. The minimum absolute atomic E-state index is 0.213. The van der Waals surface area contributed by atoms with Crippen LogP contribution in [-0.2, 0) is 18.9 Å². The highest BCUT2D eigenvalue weighted by Crippen LogP contribution is 2.36. The summed E-state index contributed by atoms with van der Waals surface area (Å²) in [6.07, 6.45) is -3.47. The first-order chi connectivity index (χ1) is 17.2. The molecule has 2 fully saturated rings. The van der Waals surface area contributed by atoms with Crippen molar-refractivity contribution in [2.45, 2.75) is 126 Å². The quantitative estimate of drug-likeness (QED) is 0.102. The van der Waals surface area contributed by atoms with Crippen molar-refractivity contribution in [3.05, 3.63) is 0 Å². The fraction of sp³-hybridized carbons (Fsp3) is 1.00. The molecule has 2 aliphatic rings. The molecule has 8 N–H and O–H groups in total. The van der Waals surface area contributed by atoms with Crippen LogP contribution in [0.3, 0.4) is 0 Å². The van der Waals surface area contributed by atoms with Gasteiger partial charge in [0.25, 0.3) is 0 Å². The molecule has 2 saturated heterocycles. The van der Waals surface area contributed by atoms with Crippen molar-refractivity contribution in [1.29, 1.82) is 0 Å².